The van der Waals surface area contributed by atoms with Gasteiger partial charge in [-0.1, -0.05) is 57.7 Å². The molecule has 1 saturated carbocycles. The molecule has 2 unspecified atom stereocenters. The van der Waals surface area contributed by atoms with Crippen LogP contribution in [0.15, 0.2) is 23.9 Å². The minimum atomic E-state index is -0.0731. The zero-order valence-corrected chi connectivity index (χ0v) is 19.0. The van der Waals surface area contributed by atoms with Crippen molar-refractivity contribution >= 4 is 17.4 Å². The molecular formula is C26H36N2O2. The van der Waals surface area contributed by atoms with Crippen LogP contribution in [-0.4, -0.2) is 40.7 Å². The molecule has 2 fully saturated rings. The maximum absolute atomic E-state index is 13.8. The Kier molecular flexibility index (Phi) is 6.04. The Hall–Kier alpha value is -2.10. The molecule has 4 nitrogen and oxygen atoms in total. The SMILES string of the molecule is Cc1ccc(C2=C(N3CC(C)CC(C)C3)C(=O)N(C3CCCCCC3)C2=O)cc1C. The summed E-state index contributed by atoms with van der Waals surface area (Å²) in [4.78, 5) is 31.4. The monoisotopic (exact) mass is 408 g/mol. The van der Waals surface area contributed by atoms with Gasteiger partial charge in [-0.2, -0.15) is 0 Å². The predicted molar refractivity (Wildman–Crippen MR) is 121 cm³/mol. The van der Waals surface area contributed by atoms with E-state index in [9.17, 15) is 9.59 Å². The van der Waals surface area contributed by atoms with E-state index in [1.807, 2.05) is 6.07 Å². The van der Waals surface area contributed by atoms with E-state index in [-0.39, 0.29) is 17.9 Å². The first kappa shape index (κ1) is 21.1. The van der Waals surface area contributed by atoms with Gasteiger partial charge in [0.05, 0.1) is 5.57 Å². The summed E-state index contributed by atoms with van der Waals surface area (Å²) >= 11 is 0. The van der Waals surface area contributed by atoms with Gasteiger partial charge < -0.3 is 4.90 Å². The van der Waals surface area contributed by atoms with Crippen LogP contribution in [0.4, 0.5) is 0 Å². The molecule has 30 heavy (non-hydrogen) atoms. The Balaban J connectivity index is 1.78. The number of imide groups is 1. The first-order chi connectivity index (χ1) is 14.4. The Morgan fingerprint density at radius 2 is 1.47 bits per heavy atom. The fourth-order valence-electron chi connectivity index (χ4n) is 5.68. The van der Waals surface area contributed by atoms with Crippen molar-refractivity contribution in [3.63, 3.8) is 0 Å². The summed E-state index contributed by atoms with van der Waals surface area (Å²) in [6, 6.07) is 6.23. The van der Waals surface area contributed by atoms with Crippen molar-refractivity contribution in [2.45, 2.75) is 78.7 Å². The Morgan fingerprint density at radius 1 is 0.833 bits per heavy atom. The molecule has 0 spiro atoms. The second-order valence-electron chi connectivity index (χ2n) is 10.00. The second-order valence-corrected chi connectivity index (χ2v) is 10.00. The molecule has 0 N–H and O–H groups in total. The summed E-state index contributed by atoms with van der Waals surface area (Å²) in [7, 11) is 0. The van der Waals surface area contributed by atoms with Crippen molar-refractivity contribution in [1.29, 1.82) is 0 Å². The van der Waals surface area contributed by atoms with Gasteiger partial charge in [-0.25, -0.2) is 0 Å². The van der Waals surface area contributed by atoms with E-state index >= 15 is 0 Å². The van der Waals surface area contributed by atoms with Crippen molar-refractivity contribution in [2.24, 2.45) is 11.8 Å². The van der Waals surface area contributed by atoms with Crippen molar-refractivity contribution in [1.82, 2.24) is 9.80 Å². The zero-order chi connectivity index (χ0) is 21.4. The normalized spacial score (nSPS) is 26.5. The lowest BCUT2D eigenvalue weighted by Gasteiger charge is -2.37. The van der Waals surface area contributed by atoms with Gasteiger partial charge in [-0.3, -0.25) is 14.5 Å². The van der Waals surface area contributed by atoms with Crippen LogP contribution < -0.4 is 0 Å². The molecule has 0 bridgehead atoms. The van der Waals surface area contributed by atoms with Gasteiger partial charge in [0.2, 0.25) is 0 Å². The van der Waals surface area contributed by atoms with E-state index in [2.05, 4.69) is 44.7 Å². The molecule has 4 rings (SSSR count). The van der Waals surface area contributed by atoms with Crippen LogP contribution in [0.25, 0.3) is 5.57 Å². The fourth-order valence-corrected chi connectivity index (χ4v) is 5.68. The third-order valence-corrected chi connectivity index (χ3v) is 7.26. The number of amides is 2. The van der Waals surface area contributed by atoms with E-state index in [1.165, 1.54) is 24.8 Å². The van der Waals surface area contributed by atoms with E-state index in [0.717, 1.165) is 49.9 Å². The Bertz CT molecular complexity index is 854. The molecular weight excluding hydrogens is 372 g/mol. The van der Waals surface area contributed by atoms with Gasteiger partial charge in [0.1, 0.15) is 5.70 Å². The molecule has 1 aliphatic carbocycles. The molecule has 2 heterocycles. The van der Waals surface area contributed by atoms with Gasteiger partial charge in [-0.15, -0.1) is 0 Å². The number of nitrogens with zero attached hydrogens (tertiary/aromatic N) is 2. The number of benzene rings is 1. The first-order valence-corrected chi connectivity index (χ1v) is 11.8. The summed E-state index contributed by atoms with van der Waals surface area (Å²) in [5.41, 5.74) is 4.56. The fraction of sp³-hybridized carbons (Fsp3) is 0.615. The first-order valence-electron chi connectivity index (χ1n) is 11.8. The summed E-state index contributed by atoms with van der Waals surface area (Å²) in [6.07, 6.45) is 7.69. The highest BCUT2D eigenvalue weighted by atomic mass is 16.2. The average Bonchev–Trinajstić information content (AvgIpc) is 2.85. The number of aryl methyl sites for hydroxylation is 2. The van der Waals surface area contributed by atoms with Crippen LogP contribution in [0.2, 0.25) is 0 Å². The lowest BCUT2D eigenvalue weighted by atomic mass is 9.90. The van der Waals surface area contributed by atoms with Crippen molar-refractivity contribution in [3.05, 3.63) is 40.6 Å². The molecule has 1 aromatic carbocycles. The van der Waals surface area contributed by atoms with Crippen LogP contribution >= 0.6 is 0 Å². The maximum Gasteiger partial charge on any atom is 0.278 e. The third-order valence-electron chi connectivity index (χ3n) is 7.26. The van der Waals surface area contributed by atoms with Gasteiger partial charge >= 0.3 is 0 Å². The quantitative estimate of drug-likeness (QED) is 0.517. The van der Waals surface area contributed by atoms with Crippen LogP contribution in [0.1, 0.15) is 75.5 Å². The molecule has 1 saturated heterocycles. The largest absolute Gasteiger partial charge is 0.366 e. The third kappa shape index (κ3) is 3.93. The minimum Gasteiger partial charge on any atom is -0.366 e. The highest BCUT2D eigenvalue weighted by Crippen LogP contribution is 2.38. The molecule has 1 aromatic rings. The molecule has 0 aromatic heterocycles. The van der Waals surface area contributed by atoms with Crippen molar-refractivity contribution < 1.29 is 9.59 Å². The highest BCUT2D eigenvalue weighted by Gasteiger charge is 2.45. The van der Waals surface area contributed by atoms with Gasteiger partial charge in [0.15, 0.2) is 0 Å². The summed E-state index contributed by atoms with van der Waals surface area (Å²) in [6.45, 7) is 10.4. The minimum absolute atomic E-state index is 0.0474. The lowest BCUT2D eigenvalue weighted by Crippen LogP contribution is -2.44. The Morgan fingerprint density at radius 3 is 2.07 bits per heavy atom. The van der Waals surface area contributed by atoms with E-state index < -0.39 is 0 Å². The van der Waals surface area contributed by atoms with E-state index in [0.29, 0.717) is 23.1 Å². The molecule has 2 amide bonds. The number of hydrogen-bond acceptors (Lipinski definition) is 3. The van der Waals surface area contributed by atoms with Crippen molar-refractivity contribution in [3.8, 4) is 0 Å². The number of hydrogen-bond donors (Lipinski definition) is 0. The molecule has 4 heteroatoms. The van der Waals surface area contributed by atoms with Gasteiger partial charge in [0, 0.05) is 19.1 Å². The van der Waals surface area contributed by atoms with Crippen LogP contribution in [0.3, 0.4) is 0 Å². The van der Waals surface area contributed by atoms with E-state index in [1.54, 1.807) is 4.90 Å². The second kappa shape index (κ2) is 8.56. The van der Waals surface area contributed by atoms with Crippen LogP contribution in [0, 0.1) is 25.7 Å². The number of carbonyl (C=O) groups is 2. The predicted octanol–water partition coefficient (Wildman–Crippen LogP) is 5.08. The summed E-state index contributed by atoms with van der Waals surface area (Å²) in [5, 5.41) is 0. The Labute approximate surface area is 181 Å². The highest BCUT2D eigenvalue weighted by molar-refractivity contribution is 6.35. The maximum atomic E-state index is 13.8. The number of rotatable bonds is 3. The standard InChI is InChI=1S/C26H36N2O2/c1-17-13-18(2)16-27(15-17)24-23(21-12-11-19(3)20(4)14-21)25(29)28(26(24)30)22-9-7-5-6-8-10-22/h11-12,14,17-18,22H,5-10,13,15-16H2,1-4H3. The number of carbonyl (C=O) groups excluding carboxylic acids is 2. The smallest absolute Gasteiger partial charge is 0.278 e. The molecule has 162 valence electrons. The lowest BCUT2D eigenvalue weighted by molar-refractivity contribution is -0.140. The van der Waals surface area contributed by atoms with Gasteiger partial charge in [-0.05, 0) is 61.6 Å². The van der Waals surface area contributed by atoms with Crippen molar-refractivity contribution in [2.75, 3.05) is 13.1 Å². The molecule has 3 aliphatic rings. The number of likely N-dealkylation sites (tertiary alicyclic amines) is 1. The molecule has 2 aliphatic heterocycles. The summed E-state index contributed by atoms with van der Waals surface area (Å²) < 4.78 is 0. The van der Waals surface area contributed by atoms with E-state index in [4.69, 9.17) is 0 Å². The zero-order valence-electron chi connectivity index (χ0n) is 19.0. The average molecular weight is 409 g/mol. The molecule has 0 radical (unpaired) electrons. The topological polar surface area (TPSA) is 40.6 Å². The van der Waals surface area contributed by atoms with Crippen LogP contribution in [0.5, 0.6) is 0 Å². The number of piperidine rings is 1. The summed E-state index contributed by atoms with van der Waals surface area (Å²) in [5.74, 6) is 0.923. The van der Waals surface area contributed by atoms with Gasteiger partial charge in [0.25, 0.3) is 11.8 Å². The van der Waals surface area contributed by atoms with Crippen LogP contribution in [-0.2, 0) is 9.59 Å². The molecule has 2 atom stereocenters.